The Balaban J connectivity index is 0.00000225. The summed E-state index contributed by atoms with van der Waals surface area (Å²) < 4.78 is 12.6. The van der Waals surface area contributed by atoms with E-state index in [0.717, 1.165) is 22.7 Å². The third kappa shape index (κ3) is 4.01. The van der Waals surface area contributed by atoms with Crippen LogP contribution in [-0.2, 0) is 18.4 Å². The fraction of sp³-hybridized carbons (Fsp3) is 0.389. The van der Waals surface area contributed by atoms with E-state index in [4.69, 9.17) is 9.47 Å². The molecule has 0 aliphatic carbocycles. The first kappa shape index (κ1) is 20.2. The summed E-state index contributed by atoms with van der Waals surface area (Å²) in [4.78, 5) is 20.6. The Morgan fingerprint density at radius 3 is 2.89 bits per heavy atom. The standard InChI is InChI=1S/C18H22N6O3.HI/c1-19-18(20-8-13-4-3-5-15-17(13)27-12-26-15)23-6-7-24(16(25)11-23)14-9-21-22(2)10-14;/h3-5,9-10H,6-8,11-12H2,1-2H3,(H,19,20);1H. The molecule has 10 heteroatoms. The van der Waals surface area contributed by atoms with Crippen LogP contribution in [0.2, 0.25) is 0 Å². The number of anilines is 1. The lowest BCUT2D eigenvalue weighted by molar-refractivity contribution is -0.120. The van der Waals surface area contributed by atoms with Gasteiger partial charge in [-0.1, -0.05) is 12.1 Å². The van der Waals surface area contributed by atoms with Gasteiger partial charge in [0.15, 0.2) is 17.5 Å². The molecule has 150 valence electrons. The van der Waals surface area contributed by atoms with Crippen LogP contribution in [0.5, 0.6) is 11.5 Å². The summed E-state index contributed by atoms with van der Waals surface area (Å²) in [6.07, 6.45) is 3.55. The molecule has 0 saturated carbocycles. The lowest BCUT2D eigenvalue weighted by Gasteiger charge is -2.35. The maximum absolute atomic E-state index is 12.6. The molecule has 0 atom stereocenters. The van der Waals surface area contributed by atoms with Crippen molar-refractivity contribution in [3.63, 3.8) is 0 Å². The maximum atomic E-state index is 12.6. The number of piperazine rings is 1. The number of hydrogen-bond acceptors (Lipinski definition) is 5. The van der Waals surface area contributed by atoms with E-state index in [1.807, 2.05) is 36.3 Å². The van der Waals surface area contributed by atoms with Crippen LogP contribution in [0, 0.1) is 0 Å². The number of carbonyl (C=O) groups is 1. The predicted molar refractivity (Wildman–Crippen MR) is 115 cm³/mol. The van der Waals surface area contributed by atoms with Crippen molar-refractivity contribution in [2.75, 3.05) is 38.4 Å². The normalized spacial score (nSPS) is 16.2. The first-order valence-corrected chi connectivity index (χ1v) is 8.78. The molecule has 2 aliphatic rings. The second-order valence-corrected chi connectivity index (χ2v) is 6.39. The van der Waals surface area contributed by atoms with Crippen molar-refractivity contribution < 1.29 is 14.3 Å². The summed E-state index contributed by atoms with van der Waals surface area (Å²) >= 11 is 0. The van der Waals surface area contributed by atoms with Crippen LogP contribution in [0.3, 0.4) is 0 Å². The molecule has 0 radical (unpaired) electrons. The molecule has 2 aliphatic heterocycles. The SMILES string of the molecule is CN=C(NCc1cccc2c1OCO2)N1CCN(c2cnn(C)c2)C(=O)C1.I. The van der Waals surface area contributed by atoms with E-state index >= 15 is 0 Å². The molecule has 4 rings (SSSR count). The van der Waals surface area contributed by atoms with Crippen molar-refractivity contribution in [3.05, 3.63) is 36.2 Å². The fourth-order valence-electron chi connectivity index (χ4n) is 3.31. The van der Waals surface area contributed by atoms with E-state index in [1.165, 1.54) is 0 Å². The van der Waals surface area contributed by atoms with Crippen LogP contribution in [-0.4, -0.2) is 60.0 Å². The van der Waals surface area contributed by atoms with Gasteiger partial charge < -0.3 is 24.6 Å². The molecule has 2 aromatic rings. The number of benzene rings is 1. The van der Waals surface area contributed by atoms with Crippen molar-refractivity contribution >= 4 is 41.5 Å². The van der Waals surface area contributed by atoms with Gasteiger partial charge in [-0.2, -0.15) is 5.10 Å². The van der Waals surface area contributed by atoms with Crippen LogP contribution in [0.25, 0.3) is 0 Å². The van der Waals surface area contributed by atoms with Gasteiger partial charge in [-0.3, -0.25) is 14.5 Å². The Bertz CT molecular complexity index is 884. The zero-order valence-corrected chi connectivity index (χ0v) is 18.1. The topological polar surface area (TPSA) is 84.2 Å². The monoisotopic (exact) mass is 498 g/mol. The zero-order valence-electron chi connectivity index (χ0n) is 15.8. The van der Waals surface area contributed by atoms with E-state index < -0.39 is 0 Å². The molecule has 1 aromatic carbocycles. The minimum atomic E-state index is 0. The van der Waals surface area contributed by atoms with Crippen LogP contribution in [0.1, 0.15) is 5.56 Å². The van der Waals surface area contributed by atoms with Crippen LogP contribution < -0.4 is 19.7 Å². The Kier molecular flexibility index (Phi) is 6.27. The second-order valence-electron chi connectivity index (χ2n) is 6.39. The molecule has 1 saturated heterocycles. The summed E-state index contributed by atoms with van der Waals surface area (Å²) in [5.74, 6) is 2.22. The van der Waals surface area contributed by atoms with Crippen molar-refractivity contribution in [2.24, 2.45) is 12.0 Å². The number of hydrogen-bond donors (Lipinski definition) is 1. The molecule has 1 aromatic heterocycles. The summed E-state index contributed by atoms with van der Waals surface area (Å²) in [6.45, 7) is 2.32. The third-order valence-electron chi connectivity index (χ3n) is 4.65. The molecule has 0 spiro atoms. The van der Waals surface area contributed by atoms with Gasteiger partial charge >= 0.3 is 0 Å². The number of aromatic nitrogens is 2. The quantitative estimate of drug-likeness (QED) is 0.389. The van der Waals surface area contributed by atoms with Crippen molar-refractivity contribution in [2.45, 2.75) is 6.54 Å². The summed E-state index contributed by atoms with van der Waals surface area (Å²) in [5, 5.41) is 7.46. The first-order valence-electron chi connectivity index (χ1n) is 8.78. The highest BCUT2D eigenvalue weighted by molar-refractivity contribution is 14.0. The number of rotatable bonds is 3. The lowest BCUT2D eigenvalue weighted by atomic mass is 10.2. The molecule has 9 nitrogen and oxygen atoms in total. The first-order chi connectivity index (χ1) is 13.2. The molecule has 28 heavy (non-hydrogen) atoms. The Morgan fingerprint density at radius 1 is 1.32 bits per heavy atom. The number of para-hydroxylation sites is 1. The highest BCUT2D eigenvalue weighted by atomic mass is 127. The molecule has 0 unspecified atom stereocenters. The highest BCUT2D eigenvalue weighted by Gasteiger charge is 2.28. The lowest BCUT2D eigenvalue weighted by Crippen LogP contribution is -2.55. The summed E-state index contributed by atoms with van der Waals surface area (Å²) in [7, 11) is 3.56. The summed E-state index contributed by atoms with van der Waals surface area (Å²) in [6, 6.07) is 5.81. The number of aryl methyl sites for hydroxylation is 1. The molecule has 0 bridgehead atoms. The number of fused-ring (bicyclic) bond motifs is 1. The van der Waals surface area contributed by atoms with Gasteiger partial charge in [0, 0.05) is 45.5 Å². The number of guanidine groups is 1. The zero-order chi connectivity index (χ0) is 18.8. The van der Waals surface area contributed by atoms with E-state index in [-0.39, 0.29) is 43.2 Å². The highest BCUT2D eigenvalue weighted by Crippen LogP contribution is 2.35. The van der Waals surface area contributed by atoms with E-state index in [9.17, 15) is 4.79 Å². The maximum Gasteiger partial charge on any atom is 0.246 e. The van der Waals surface area contributed by atoms with Gasteiger partial charge in [0.25, 0.3) is 0 Å². The predicted octanol–water partition coefficient (Wildman–Crippen LogP) is 1.19. The van der Waals surface area contributed by atoms with E-state index in [2.05, 4.69) is 15.4 Å². The van der Waals surface area contributed by atoms with Crippen LogP contribution >= 0.6 is 24.0 Å². The van der Waals surface area contributed by atoms with E-state index in [1.54, 1.807) is 22.8 Å². The van der Waals surface area contributed by atoms with Crippen LogP contribution in [0.4, 0.5) is 5.69 Å². The van der Waals surface area contributed by atoms with Gasteiger partial charge in [-0.05, 0) is 6.07 Å². The number of aliphatic imine (C=N–C) groups is 1. The van der Waals surface area contributed by atoms with Crippen molar-refractivity contribution in [3.8, 4) is 11.5 Å². The Morgan fingerprint density at radius 2 is 2.18 bits per heavy atom. The van der Waals surface area contributed by atoms with Gasteiger partial charge in [0.05, 0.1) is 11.9 Å². The van der Waals surface area contributed by atoms with Crippen molar-refractivity contribution in [1.29, 1.82) is 0 Å². The number of ether oxygens (including phenoxy) is 2. The second kappa shape index (κ2) is 8.67. The van der Waals surface area contributed by atoms with Gasteiger partial charge in [0.2, 0.25) is 12.7 Å². The average Bonchev–Trinajstić information content (AvgIpc) is 3.31. The molecule has 1 amide bonds. The van der Waals surface area contributed by atoms with Gasteiger partial charge in [0.1, 0.15) is 6.54 Å². The summed E-state index contributed by atoms with van der Waals surface area (Å²) in [5.41, 5.74) is 1.81. The van der Waals surface area contributed by atoms with Gasteiger partial charge in [-0.15, -0.1) is 24.0 Å². The molecule has 1 N–H and O–H groups in total. The molecule has 3 heterocycles. The molecular formula is C18H23IN6O3. The van der Waals surface area contributed by atoms with Crippen LogP contribution in [0.15, 0.2) is 35.6 Å². The van der Waals surface area contributed by atoms with Gasteiger partial charge in [-0.25, -0.2) is 0 Å². The third-order valence-corrected chi connectivity index (χ3v) is 4.65. The van der Waals surface area contributed by atoms with Crippen molar-refractivity contribution in [1.82, 2.24) is 20.0 Å². The molecular weight excluding hydrogens is 475 g/mol. The number of nitrogens with zero attached hydrogens (tertiary/aromatic N) is 5. The Labute approximate surface area is 180 Å². The number of carbonyl (C=O) groups excluding carboxylic acids is 1. The number of amides is 1. The number of nitrogens with one attached hydrogen (secondary N) is 1. The average molecular weight is 498 g/mol. The number of halogens is 1. The smallest absolute Gasteiger partial charge is 0.246 e. The largest absolute Gasteiger partial charge is 0.454 e. The Hall–Kier alpha value is -2.50. The minimum absolute atomic E-state index is 0. The van der Waals surface area contributed by atoms with E-state index in [0.29, 0.717) is 25.6 Å². The minimum Gasteiger partial charge on any atom is -0.454 e. The fourth-order valence-corrected chi connectivity index (χ4v) is 3.31. The molecule has 1 fully saturated rings.